The maximum absolute atomic E-state index is 14.7. The van der Waals surface area contributed by atoms with E-state index >= 15 is 0 Å². The van der Waals surface area contributed by atoms with Crippen LogP contribution in [0.25, 0.3) is 55.7 Å². The number of carbonyl (C=O) groups excluding carboxylic acids is 1. The van der Waals surface area contributed by atoms with Gasteiger partial charge in [0.1, 0.15) is 17.2 Å². The number of fused-ring (bicyclic) bond motifs is 2. The lowest BCUT2D eigenvalue weighted by atomic mass is 10.0. The smallest absolute Gasteiger partial charge is 0.227 e. The molecule has 0 radical (unpaired) electrons. The molecule has 0 spiro atoms. The molecule has 1 aromatic carbocycles. The summed E-state index contributed by atoms with van der Waals surface area (Å²) >= 11 is 0. The summed E-state index contributed by atoms with van der Waals surface area (Å²) < 4.78 is 14.7. The van der Waals surface area contributed by atoms with E-state index in [4.69, 9.17) is 0 Å². The van der Waals surface area contributed by atoms with Crippen molar-refractivity contribution in [2.24, 2.45) is 5.92 Å². The molecule has 10 nitrogen and oxygen atoms in total. The second-order valence-electron chi connectivity index (χ2n) is 11.9. The largest absolute Gasteiger partial charge is 0.384 e. The van der Waals surface area contributed by atoms with E-state index in [1.165, 1.54) is 6.07 Å². The number of aromatic amines is 2. The minimum atomic E-state index is -0.310. The average molecular weight is 604 g/mol. The lowest BCUT2D eigenvalue weighted by Crippen LogP contribution is -2.20. The van der Waals surface area contributed by atoms with Crippen molar-refractivity contribution in [3.8, 4) is 33.8 Å². The highest BCUT2D eigenvalue weighted by molar-refractivity contribution is 6.00. The molecule has 0 atom stereocenters. The number of aromatic nitrogens is 6. The Balaban J connectivity index is 1.20. The Bertz CT molecular complexity index is 2010. The summed E-state index contributed by atoms with van der Waals surface area (Å²) in [6, 6.07) is 12.8. The van der Waals surface area contributed by atoms with Crippen molar-refractivity contribution in [3.05, 3.63) is 73.1 Å². The minimum absolute atomic E-state index is 0.0498. The predicted molar refractivity (Wildman–Crippen MR) is 175 cm³/mol. The number of H-pyrrole nitrogens is 2. The first-order chi connectivity index (χ1) is 21.9. The lowest BCUT2D eigenvalue weighted by Gasteiger charge is -2.13. The van der Waals surface area contributed by atoms with Gasteiger partial charge in [0.25, 0.3) is 0 Å². The van der Waals surface area contributed by atoms with E-state index in [1.807, 2.05) is 44.4 Å². The van der Waals surface area contributed by atoms with E-state index in [2.05, 4.69) is 45.7 Å². The molecule has 0 aliphatic heterocycles. The van der Waals surface area contributed by atoms with Crippen LogP contribution in [0.15, 0.2) is 67.3 Å². The monoisotopic (exact) mass is 603 g/mol. The second kappa shape index (κ2) is 12.1. The molecule has 4 N–H and O–H groups in total. The molecule has 45 heavy (non-hydrogen) atoms. The lowest BCUT2D eigenvalue weighted by molar-refractivity contribution is -0.119. The molecule has 228 valence electrons. The number of rotatable bonds is 9. The quantitative estimate of drug-likeness (QED) is 0.149. The van der Waals surface area contributed by atoms with Crippen LogP contribution in [0.4, 0.5) is 15.8 Å². The fraction of sp³-hybridized carbons (Fsp3) is 0.265. The molecule has 0 bridgehead atoms. The number of nitrogens with zero attached hydrogens (tertiary/aromatic N) is 5. The molecule has 0 saturated heterocycles. The van der Waals surface area contributed by atoms with Crippen molar-refractivity contribution in [3.63, 3.8) is 0 Å². The second-order valence-corrected chi connectivity index (χ2v) is 11.9. The van der Waals surface area contributed by atoms with E-state index in [1.54, 1.807) is 30.9 Å². The first-order valence-corrected chi connectivity index (χ1v) is 15.2. The molecule has 11 heteroatoms. The van der Waals surface area contributed by atoms with Gasteiger partial charge >= 0.3 is 0 Å². The zero-order chi connectivity index (χ0) is 30.9. The third kappa shape index (κ3) is 5.99. The number of halogens is 1. The summed E-state index contributed by atoms with van der Waals surface area (Å²) in [5.74, 6) is -0.194. The predicted octanol–water partition coefficient (Wildman–Crippen LogP) is 6.47. The molecule has 5 aromatic heterocycles. The molecule has 0 unspecified atom stereocenters. The number of hydrogen-bond acceptors (Lipinski definition) is 7. The van der Waals surface area contributed by atoms with Gasteiger partial charge < -0.3 is 20.5 Å². The highest BCUT2D eigenvalue weighted by Gasteiger charge is 2.23. The van der Waals surface area contributed by atoms with Crippen LogP contribution in [0, 0.1) is 11.7 Å². The highest BCUT2D eigenvalue weighted by Crippen LogP contribution is 2.35. The average Bonchev–Trinajstić information content (AvgIpc) is 3.80. The van der Waals surface area contributed by atoms with Crippen molar-refractivity contribution in [1.29, 1.82) is 0 Å². The maximum Gasteiger partial charge on any atom is 0.227 e. The van der Waals surface area contributed by atoms with Crippen LogP contribution in [-0.4, -0.2) is 68.1 Å². The fourth-order valence-electron chi connectivity index (χ4n) is 6.04. The van der Waals surface area contributed by atoms with Gasteiger partial charge in [-0.1, -0.05) is 12.8 Å². The van der Waals surface area contributed by atoms with Crippen LogP contribution in [0.1, 0.15) is 25.7 Å². The van der Waals surface area contributed by atoms with Crippen molar-refractivity contribution in [2.45, 2.75) is 25.7 Å². The minimum Gasteiger partial charge on any atom is -0.384 e. The number of amides is 1. The summed E-state index contributed by atoms with van der Waals surface area (Å²) in [6.07, 6.45) is 10.9. The van der Waals surface area contributed by atoms with Gasteiger partial charge in [0.2, 0.25) is 5.91 Å². The first-order valence-electron chi connectivity index (χ1n) is 15.2. The highest BCUT2D eigenvalue weighted by atomic mass is 19.1. The number of carbonyl (C=O) groups is 1. The van der Waals surface area contributed by atoms with Gasteiger partial charge in [-0.25, -0.2) is 9.37 Å². The SMILES string of the molecule is CN(C)CCNc1cc(F)cc(-c2ccnc3[nH]c(-c4n[nH]c5cnc(-c6cncc(NC(=O)C7CCCC7)c6)cc45)cc23)c1. The number of benzene rings is 1. The topological polar surface area (TPSA) is 128 Å². The van der Waals surface area contributed by atoms with Crippen LogP contribution >= 0.6 is 0 Å². The van der Waals surface area contributed by atoms with Gasteiger partial charge in [-0.2, -0.15) is 5.10 Å². The van der Waals surface area contributed by atoms with Gasteiger partial charge in [0, 0.05) is 53.4 Å². The first kappa shape index (κ1) is 28.6. The zero-order valence-electron chi connectivity index (χ0n) is 25.2. The number of likely N-dealkylation sites (N-methyl/N-ethyl adjacent to an activating group) is 1. The molecule has 6 aromatic rings. The Hall–Kier alpha value is -5.16. The van der Waals surface area contributed by atoms with Gasteiger partial charge in [-0.3, -0.25) is 19.9 Å². The van der Waals surface area contributed by atoms with Crippen LogP contribution in [-0.2, 0) is 4.79 Å². The Kier molecular flexibility index (Phi) is 7.68. The molecule has 7 rings (SSSR count). The maximum atomic E-state index is 14.7. The summed E-state index contributed by atoms with van der Waals surface area (Å²) in [5, 5.41) is 15.8. The van der Waals surface area contributed by atoms with Gasteiger partial charge in [0.15, 0.2) is 0 Å². The molecule has 1 fully saturated rings. The summed E-state index contributed by atoms with van der Waals surface area (Å²) in [7, 11) is 4.01. The summed E-state index contributed by atoms with van der Waals surface area (Å²) in [6.45, 7) is 1.54. The number of pyridine rings is 3. The number of nitrogens with one attached hydrogen (secondary N) is 4. The van der Waals surface area contributed by atoms with Crippen LogP contribution in [0.2, 0.25) is 0 Å². The van der Waals surface area contributed by atoms with Crippen molar-refractivity contribution < 1.29 is 9.18 Å². The Morgan fingerprint density at radius 1 is 0.978 bits per heavy atom. The molecule has 1 aliphatic rings. The molecule has 1 aliphatic carbocycles. The van der Waals surface area contributed by atoms with E-state index in [0.717, 1.165) is 76.6 Å². The normalized spacial score (nSPS) is 13.7. The summed E-state index contributed by atoms with van der Waals surface area (Å²) in [4.78, 5) is 31.7. The molecule has 5 heterocycles. The molecule has 1 saturated carbocycles. The number of anilines is 2. The summed E-state index contributed by atoms with van der Waals surface area (Å²) in [5.41, 5.74) is 7.42. The third-order valence-electron chi connectivity index (χ3n) is 8.36. The zero-order valence-corrected chi connectivity index (χ0v) is 25.2. The van der Waals surface area contributed by atoms with Crippen molar-refractivity contribution in [2.75, 3.05) is 37.8 Å². The standard InChI is InChI=1S/C34H34FN9O/c1-44(2)10-9-37-24-12-21(11-23(35)14-24)26-7-8-38-33-27(26)15-30(41-33)32-28-16-29(39-19-31(28)42-43-32)22-13-25(18-36-17-22)40-34(45)20-5-3-4-6-20/h7-8,11-20,37H,3-6,9-10H2,1-2H3,(H,38,41)(H,40,45)(H,42,43). The van der Waals surface area contributed by atoms with Crippen LogP contribution < -0.4 is 10.6 Å². The van der Waals surface area contributed by atoms with E-state index in [0.29, 0.717) is 29.3 Å². The van der Waals surface area contributed by atoms with E-state index in [-0.39, 0.29) is 17.6 Å². The Morgan fingerprint density at radius 2 is 1.82 bits per heavy atom. The third-order valence-corrected chi connectivity index (χ3v) is 8.36. The van der Waals surface area contributed by atoms with Gasteiger partial charge in [-0.05, 0) is 80.5 Å². The molecule has 1 amide bonds. The van der Waals surface area contributed by atoms with Gasteiger partial charge in [-0.15, -0.1) is 0 Å². The Labute approximate surface area is 259 Å². The van der Waals surface area contributed by atoms with Crippen molar-refractivity contribution in [1.82, 2.24) is 35.0 Å². The molecular formula is C34H34FN9O. The van der Waals surface area contributed by atoms with Gasteiger partial charge in [0.05, 0.1) is 35.0 Å². The van der Waals surface area contributed by atoms with Crippen LogP contribution in [0.3, 0.4) is 0 Å². The van der Waals surface area contributed by atoms with E-state index < -0.39 is 0 Å². The number of hydrogen-bond donors (Lipinski definition) is 4. The van der Waals surface area contributed by atoms with E-state index in [9.17, 15) is 9.18 Å². The fourth-order valence-corrected chi connectivity index (χ4v) is 6.04. The van der Waals surface area contributed by atoms with Crippen molar-refractivity contribution >= 4 is 39.2 Å². The Morgan fingerprint density at radius 3 is 2.67 bits per heavy atom. The molecular weight excluding hydrogens is 569 g/mol. The van der Waals surface area contributed by atoms with Crippen LogP contribution in [0.5, 0.6) is 0 Å².